The van der Waals surface area contributed by atoms with Crippen molar-refractivity contribution in [2.24, 2.45) is 0 Å². The Kier molecular flexibility index (Phi) is 4.69. The number of nitro benzene ring substituents is 1. The van der Waals surface area contributed by atoms with Crippen molar-refractivity contribution in [3.8, 4) is 11.5 Å². The zero-order valence-corrected chi connectivity index (χ0v) is 13.4. The van der Waals surface area contributed by atoms with Gasteiger partial charge in [0.15, 0.2) is 11.5 Å². The molecule has 25 heavy (non-hydrogen) atoms. The average Bonchev–Trinajstić information content (AvgIpc) is 2.61. The Morgan fingerprint density at radius 3 is 2.68 bits per heavy atom. The number of amides is 1. The van der Waals surface area contributed by atoms with Crippen LogP contribution in [0.15, 0.2) is 36.4 Å². The largest absolute Gasteiger partial charge is 0.486 e. The Labute approximate surface area is 143 Å². The average molecular weight is 343 g/mol. The maximum Gasteiger partial charge on any atom is 0.292 e. The van der Waals surface area contributed by atoms with Crippen LogP contribution < -0.4 is 20.5 Å². The molecule has 2 aromatic carbocycles. The second kappa shape index (κ2) is 7.08. The van der Waals surface area contributed by atoms with E-state index in [4.69, 9.17) is 15.2 Å². The van der Waals surface area contributed by atoms with Gasteiger partial charge in [0.05, 0.1) is 4.92 Å². The fourth-order valence-corrected chi connectivity index (χ4v) is 2.51. The van der Waals surface area contributed by atoms with Crippen LogP contribution in [0.2, 0.25) is 0 Å². The molecule has 3 N–H and O–H groups in total. The Hall–Kier alpha value is -3.29. The Morgan fingerprint density at radius 1 is 1.16 bits per heavy atom. The summed E-state index contributed by atoms with van der Waals surface area (Å²) in [5, 5.41) is 13.6. The molecule has 1 aliphatic heterocycles. The molecule has 1 amide bonds. The van der Waals surface area contributed by atoms with Crippen LogP contribution in [0.5, 0.6) is 11.5 Å². The van der Waals surface area contributed by atoms with Crippen LogP contribution in [0.3, 0.4) is 0 Å². The van der Waals surface area contributed by atoms with E-state index in [1.165, 1.54) is 18.2 Å². The standard InChI is InChI=1S/C17H17N3O5/c18-13-3-2-12(10-14(13)20(22)23)17(21)19-6-5-11-1-4-15-16(9-11)25-8-7-24-15/h1-4,9-10H,5-8,18H2,(H,19,21). The summed E-state index contributed by atoms with van der Waals surface area (Å²) in [5.74, 6) is 1.03. The van der Waals surface area contributed by atoms with Crippen LogP contribution in [-0.2, 0) is 6.42 Å². The van der Waals surface area contributed by atoms with E-state index in [2.05, 4.69) is 5.32 Å². The number of nitrogens with two attached hydrogens (primary N) is 1. The van der Waals surface area contributed by atoms with Gasteiger partial charge in [-0.15, -0.1) is 0 Å². The van der Waals surface area contributed by atoms with Gasteiger partial charge in [-0.1, -0.05) is 6.07 Å². The van der Waals surface area contributed by atoms with Crippen molar-refractivity contribution in [3.63, 3.8) is 0 Å². The quantitative estimate of drug-likeness (QED) is 0.487. The van der Waals surface area contributed by atoms with Crippen LogP contribution in [0, 0.1) is 10.1 Å². The summed E-state index contributed by atoms with van der Waals surface area (Å²) in [4.78, 5) is 22.4. The summed E-state index contributed by atoms with van der Waals surface area (Å²) >= 11 is 0. The fraction of sp³-hybridized carbons (Fsp3) is 0.235. The van der Waals surface area contributed by atoms with Crippen molar-refractivity contribution in [1.82, 2.24) is 5.32 Å². The molecule has 0 fully saturated rings. The lowest BCUT2D eigenvalue weighted by molar-refractivity contribution is -0.383. The molecule has 0 unspecified atom stereocenters. The normalized spacial score (nSPS) is 12.5. The Bertz CT molecular complexity index is 822. The molecule has 130 valence electrons. The lowest BCUT2D eigenvalue weighted by Crippen LogP contribution is -2.25. The van der Waals surface area contributed by atoms with Gasteiger partial charge in [-0.25, -0.2) is 0 Å². The number of carbonyl (C=O) groups is 1. The van der Waals surface area contributed by atoms with E-state index in [1.807, 2.05) is 18.2 Å². The van der Waals surface area contributed by atoms with Crippen LogP contribution >= 0.6 is 0 Å². The molecule has 0 aliphatic carbocycles. The zero-order chi connectivity index (χ0) is 17.8. The molecule has 0 bridgehead atoms. The summed E-state index contributed by atoms with van der Waals surface area (Å²) in [5.41, 5.74) is 6.47. The molecule has 8 heteroatoms. The maximum absolute atomic E-state index is 12.1. The Balaban J connectivity index is 1.59. The first-order valence-electron chi connectivity index (χ1n) is 7.75. The summed E-state index contributed by atoms with van der Waals surface area (Å²) in [6, 6.07) is 9.63. The molecule has 2 aromatic rings. The van der Waals surface area contributed by atoms with Crippen molar-refractivity contribution in [2.75, 3.05) is 25.5 Å². The molecule has 1 aliphatic rings. The van der Waals surface area contributed by atoms with Gasteiger partial charge in [-0.2, -0.15) is 0 Å². The SMILES string of the molecule is Nc1ccc(C(=O)NCCc2ccc3c(c2)OCCO3)cc1[N+](=O)[O-]. The third-order valence-corrected chi connectivity index (χ3v) is 3.80. The molecule has 0 radical (unpaired) electrons. The summed E-state index contributed by atoms with van der Waals surface area (Å²) in [6.07, 6.45) is 0.597. The lowest BCUT2D eigenvalue weighted by Gasteiger charge is -2.18. The number of hydrogen-bond acceptors (Lipinski definition) is 6. The van der Waals surface area contributed by atoms with E-state index in [9.17, 15) is 14.9 Å². The highest BCUT2D eigenvalue weighted by Crippen LogP contribution is 2.30. The molecular weight excluding hydrogens is 326 g/mol. The van der Waals surface area contributed by atoms with E-state index in [1.54, 1.807) is 0 Å². The number of fused-ring (bicyclic) bond motifs is 1. The number of carbonyl (C=O) groups excluding carboxylic acids is 1. The monoisotopic (exact) mass is 343 g/mol. The van der Waals surface area contributed by atoms with Gasteiger partial charge in [-0.05, 0) is 36.2 Å². The van der Waals surface area contributed by atoms with E-state index in [-0.39, 0.29) is 22.8 Å². The van der Waals surface area contributed by atoms with E-state index >= 15 is 0 Å². The van der Waals surface area contributed by atoms with Crippen molar-refractivity contribution < 1.29 is 19.2 Å². The number of hydrogen-bond donors (Lipinski definition) is 2. The first-order valence-corrected chi connectivity index (χ1v) is 7.75. The number of benzene rings is 2. The molecule has 0 atom stereocenters. The third kappa shape index (κ3) is 3.79. The van der Waals surface area contributed by atoms with Crippen LogP contribution in [0.1, 0.15) is 15.9 Å². The van der Waals surface area contributed by atoms with Gasteiger partial charge in [-0.3, -0.25) is 14.9 Å². The van der Waals surface area contributed by atoms with E-state index in [0.717, 1.165) is 5.56 Å². The molecule has 8 nitrogen and oxygen atoms in total. The molecule has 1 heterocycles. The number of nitrogens with one attached hydrogen (secondary N) is 1. The third-order valence-electron chi connectivity index (χ3n) is 3.80. The highest BCUT2D eigenvalue weighted by atomic mass is 16.6. The molecule has 0 saturated carbocycles. The van der Waals surface area contributed by atoms with Gasteiger partial charge in [0.1, 0.15) is 18.9 Å². The topological polar surface area (TPSA) is 117 Å². The minimum absolute atomic E-state index is 0.0258. The second-order valence-electron chi connectivity index (χ2n) is 5.51. The highest BCUT2D eigenvalue weighted by Gasteiger charge is 2.16. The van der Waals surface area contributed by atoms with Gasteiger partial charge >= 0.3 is 0 Å². The lowest BCUT2D eigenvalue weighted by atomic mass is 10.1. The second-order valence-corrected chi connectivity index (χ2v) is 5.51. The first-order chi connectivity index (χ1) is 12.0. The minimum Gasteiger partial charge on any atom is -0.486 e. The Morgan fingerprint density at radius 2 is 1.92 bits per heavy atom. The maximum atomic E-state index is 12.1. The van der Waals surface area contributed by atoms with Crippen molar-refractivity contribution in [2.45, 2.75) is 6.42 Å². The van der Waals surface area contributed by atoms with E-state index in [0.29, 0.717) is 37.7 Å². The number of anilines is 1. The smallest absolute Gasteiger partial charge is 0.292 e. The van der Waals surface area contributed by atoms with Gasteiger partial charge < -0.3 is 20.5 Å². The van der Waals surface area contributed by atoms with Crippen molar-refractivity contribution in [3.05, 3.63) is 57.6 Å². The van der Waals surface area contributed by atoms with Gasteiger partial charge in [0, 0.05) is 18.2 Å². The van der Waals surface area contributed by atoms with Crippen molar-refractivity contribution >= 4 is 17.3 Å². The van der Waals surface area contributed by atoms with Gasteiger partial charge in [0.2, 0.25) is 0 Å². The first kappa shape index (κ1) is 16.6. The molecular formula is C17H17N3O5. The summed E-state index contributed by atoms with van der Waals surface area (Å²) < 4.78 is 11.0. The molecule has 0 aromatic heterocycles. The minimum atomic E-state index is -0.610. The van der Waals surface area contributed by atoms with Crippen LogP contribution in [-0.4, -0.2) is 30.6 Å². The molecule has 3 rings (SSSR count). The molecule has 0 spiro atoms. The predicted molar refractivity (Wildman–Crippen MR) is 91.0 cm³/mol. The summed E-state index contributed by atoms with van der Waals surface area (Å²) in [6.45, 7) is 1.44. The fourth-order valence-electron chi connectivity index (χ4n) is 2.51. The number of nitrogen functional groups attached to an aromatic ring is 1. The zero-order valence-electron chi connectivity index (χ0n) is 13.4. The number of nitro groups is 1. The van der Waals surface area contributed by atoms with Crippen LogP contribution in [0.4, 0.5) is 11.4 Å². The predicted octanol–water partition coefficient (Wildman–Crippen LogP) is 1.92. The molecule has 0 saturated heterocycles. The van der Waals surface area contributed by atoms with Crippen LogP contribution in [0.25, 0.3) is 0 Å². The van der Waals surface area contributed by atoms with Crippen molar-refractivity contribution in [1.29, 1.82) is 0 Å². The summed E-state index contributed by atoms with van der Waals surface area (Å²) in [7, 11) is 0. The number of rotatable bonds is 5. The number of nitrogens with zero attached hydrogens (tertiary/aromatic N) is 1. The van der Waals surface area contributed by atoms with E-state index < -0.39 is 4.92 Å². The number of ether oxygens (including phenoxy) is 2. The highest BCUT2D eigenvalue weighted by molar-refractivity contribution is 5.95. The van der Waals surface area contributed by atoms with Gasteiger partial charge in [0.25, 0.3) is 11.6 Å².